The van der Waals surface area contributed by atoms with Gasteiger partial charge in [0.15, 0.2) is 0 Å². The van der Waals surface area contributed by atoms with E-state index in [1.54, 1.807) is 17.5 Å². The molecule has 0 aromatic heterocycles. The number of rotatable bonds is 2. The van der Waals surface area contributed by atoms with Crippen molar-refractivity contribution in [3.8, 4) is 11.5 Å². The standard InChI is InChI=1S/C38H42O3/c1-40-37-14-5-3-4-6-15(14)38(41-2)35-17-8-7-16(34(35)37)26-20-11-21(27(17)26)31-25-13-24(30(20)31)32-22-12-23(33(25)32)29-19-10-9-18(28(22)29)36(19)39/h3-6,16-33H,7-13H2,1-2H3/t16-,17+,18+,19-,20+,21-,22-,23+,24-,25+,26?,27?,28?,29?,30?,31?,32?,33?. The Morgan fingerprint density at radius 3 is 1.24 bits per heavy atom. The summed E-state index contributed by atoms with van der Waals surface area (Å²) in [5.41, 5.74) is 3.10. The topological polar surface area (TPSA) is 35.5 Å². The Hall–Kier alpha value is -2.03. The molecule has 0 N–H and O–H groups in total. The fraction of sp³-hybridized carbons (Fsp3) is 0.711. The largest absolute Gasteiger partial charge is 0.496 e. The van der Waals surface area contributed by atoms with Gasteiger partial charge in [-0.2, -0.15) is 0 Å². The maximum atomic E-state index is 13.2. The Labute approximate surface area is 243 Å². The van der Waals surface area contributed by atoms with Gasteiger partial charge in [-0.15, -0.1) is 0 Å². The highest BCUT2D eigenvalue weighted by Crippen LogP contribution is 2.84. The smallest absolute Gasteiger partial charge is 0.139 e. The molecule has 0 spiro atoms. The van der Waals surface area contributed by atoms with E-state index >= 15 is 0 Å². The van der Waals surface area contributed by atoms with Gasteiger partial charge in [0, 0.05) is 33.7 Å². The van der Waals surface area contributed by atoms with Crippen molar-refractivity contribution in [1.82, 2.24) is 0 Å². The first-order chi connectivity index (χ1) is 20.2. The molecule has 0 radical (unpaired) electrons. The number of Topliss-reactive ketones (excluding diaryl/α,β-unsaturated/α-hetero) is 1. The quantitative estimate of drug-likeness (QED) is 0.370. The second kappa shape index (κ2) is 7.02. The minimum absolute atomic E-state index is 0.475. The summed E-state index contributed by atoms with van der Waals surface area (Å²) in [6.07, 6.45) is 9.76. The van der Waals surface area contributed by atoms with E-state index in [1.165, 1.54) is 49.3 Å². The van der Waals surface area contributed by atoms with Crippen LogP contribution in [0.5, 0.6) is 11.5 Å². The average Bonchev–Trinajstić information content (AvgIpc) is 3.86. The van der Waals surface area contributed by atoms with Crippen LogP contribution in [0.1, 0.15) is 67.9 Å². The first kappa shape index (κ1) is 22.5. The fourth-order valence-corrected chi connectivity index (χ4v) is 17.0. The van der Waals surface area contributed by atoms with Gasteiger partial charge in [-0.3, -0.25) is 4.79 Å². The molecule has 13 rings (SSSR count). The average molecular weight is 547 g/mol. The summed E-state index contributed by atoms with van der Waals surface area (Å²) >= 11 is 0. The van der Waals surface area contributed by atoms with E-state index in [0.29, 0.717) is 23.7 Å². The molecular formula is C38H42O3. The molecular weight excluding hydrogens is 504 g/mol. The molecule has 0 aliphatic heterocycles. The van der Waals surface area contributed by atoms with E-state index in [1.807, 2.05) is 14.2 Å². The van der Waals surface area contributed by atoms with Crippen LogP contribution in [0.2, 0.25) is 0 Å². The number of hydrogen-bond donors (Lipinski definition) is 0. The van der Waals surface area contributed by atoms with Gasteiger partial charge >= 0.3 is 0 Å². The second-order valence-electron chi connectivity index (χ2n) is 16.7. The van der Waals surface area contributed by atoms with Crippen molar-refractivity contribution in [3.05, 3.63) is 35.4 Å². The van der Waals surface area contributed by atoms with Gasteiger partial charge in [0.1, 0.15) is 17.3 Å². The van der Waals surface area contributed by atoms with Crippen LogP contribution < -0.4 is 9.47 Å². The molecule has 0 saturated heterocycles. The molecule has 212 valence electrons. The highest BCUT2D eigenvalue weighted by molar-refractivity contribution is 5.97. The highest BCUT2D eigenvalue weighted by atomic mass is 16.5. The van der Waals surface area contributed by atoms with Crippen molar-refractivity contribution >= 4 is 16.6 Å². The number of carbonyl (C=O) groups excluding carboxylic acids is 1. The molecule has 11 aliphatic rings. The van der Waals surface area contributed by atoms with Gasteiger partial charge in [0.25, 0.3) is 0 Å². The van der Waals surface area contributed by atoms with Crippen LogP contribution in [0, 0.1) is 94.7 Å². The summed E-state index contributed by atoms with van der Waals surface area (Å²) in [5, 5.41) is 2.49. The summed E-state index contributed by atoms with van der Waals surface area (Å²) in [5.74, 6) is 18.3. The van der Waals surface area contributed by atoms with Crippen LogP contribution in [-0.4, -0.2) is 20.0 Å². The maximum absolute atomic E-state index is 13.2. The van der Waals surface area contributed by atoms with Crippen LogP contribution in [0.3, 0.4) is 0 Å². The molecule has 2 aromatic carbocycles. The van der Waals surface area contributed by atoms with Gasteiger partial charge in [0.2, 0.25) is 0 Å². The summed E-state index contributed by atoms with van der Waals surface area (Å²) in [4.78, 5) is 13.2. The lowest BCUT2D eigenvalue weighted by Crippen LogP contribution is -2.52. The van der Waals surface area contributed by atoms with Crippen molar-refractivity contribution in [2.24, 2.45) is 94.7 Å². The minimum Gasteiger partial charge on any atom is -0.496 e. The molecule has 3 nitrogen and oxygen atoms in total. The first-order valence-corrected chi connectivity index (χ1v) is 17.4. The maximum Gasteiger partial charge on any atom is 0.139 e. The third kappa shape index (κ3) is 2.16. The Morgan fingerprint density at radius 2 is 0.854 bits per heavy atom. The number of methoxy groups -OCH3 is 2. The molecule has 3 heteroatoms. The summed E-state index contributed by atoms with van der Waals surface area (Å²) in [7, 11) is 3.81. The lowest BCUT2D eigenvalue weighted by molar-refractivity contribution is -0.122. The lowest BCUT2D eigenvalue weighted by atomic mass is 9.46. The van der Waals surface area contributed by atoms with E-state index in [9.17, 15) is 4.79 Å². The Balaban J connectivity index is 0.982. The number of ether oxygens (including phenoxy) is 2. The predicted molar refractivity (Wildman–Crippen MR) is 156 cm³/mol. The van der Waals surface area contributed by atoms with Gasteiger partial charge in [-0.25, -0.2) is 0 Å². The normalized spacial score (nSPS) is 56.4. The van der Waals surface area contributed by atoms with Crippen LogP contribution in [-0.2, 0) is 4.79 Å². The molecule has 18 atom stereocenters. The zero-order valence-electron chi connectivity index (χ0n) is 24.4. The van der Waals surface area contributed by atoms with E-state index in [2.05, 4.69) is 24.3 Å². The summed E-state index contributed by atoms with van der Waals surface area (Å²) in [6.45, 7) is 0. The Kier molecular flexibility index (Phi) is 3.85. The third-order valence-electron chi connectivity index (χ3n) is 16.9. The molecule has 10 bridgehead atoms. The SMILES string of the molecule is COc1c2c(c(OC)c3ccccc13)[C@@H]1CC[C@H]2C2C1[C@@H]1C[C@H]2C2C1[C@H]1C[C@@H]2C2C1[C@@H]1C[C@H]2C2C1[C@@H]1CC[C@H]2C1=O. The van der Waals surface area contributed by atoms with Crippen LogP contribution in [0.4, 0.5) is 0 Å². The van der Waals surface area contributed by atoms with Gasteiger partial charge in [-0.1, -0.05) is 24.3 Å². The van der Waals surface area contributed by atoms with E-state index in [-0.39, 0.29) is 0 Å². The first-order valence-electron chi connectivity index (χ1n) is 17.4. The molecule has 9 fully saturated rings. The van der Waals surface area contributed by atoms with Gasteiger partial charge in [-0.05, 0) is 140 Å². The zero-order chi connectivity index (χ0) is 26.6. The van der Waals surface area contributed by atoms with Crippen molar-refractivity contribution in [2.45, 2.75) is 56.8 Å². The predicted octanol–water partition coefficient (Wildman–Crippen LogP) is 7.32. The molecule has 0 heterocycles. The minimum atomic E-state index is 0.475. The number of carbonyl (C=O) groups is 1. The van der Waals surface area contributed by atoms with Crippen molar-refractivity contribution in [3.63, 3.8) is 0 Å². The van der Waals surface area contributed by atoms with Crippen LogP contribution >= 0.6 is 0 Å². The molecule has 8 unspecified atom stereocenters. The number of benzene rings is 2. The number of ketones is 1. The van der Waals surface area contributed by atoms with Crippen LogP contribution in [0.25, 0.3) is 10.8 Å². The van der Waals surface area contributed by atoms with Crippen molar-refractivity contribution in [1.29, 1.82) is 0 Å². The van der Waals surface area contributed by atoms with Crippen LogP contribution in [0.15, 0.2) is 24.3 Å². The lowest BCUT2D eigenvalue weighted by Gasteiger charge is -2.58. The van der Waals surface area contributed by atoms with E-state index in [4.69, 9.17) is 9.47 Å². The summed E-state index contributed by atoms with van der Waals surface area (Å²) in [6, 6.07) is 8.84. The second-order valence-corrected chi connectivity index (χ2v) is 16.7. The van der Waals surface area contributed by atoms with E-state index in [0.717, 1.165) is 100 Å². The molecule has 2 aromatic rings. The highest BCUT2D eigenvalue weighted by Gasteiger charge is 2.79. The number of fused-ring (bicyclic) bond motifs is 25. The fourth-order valence-electron chi connectivity index (χ4n) is 17.0. The van der Waals surface area contributed by atoms with Crippen molar-refractivity contribution in [2.75, 3.05) is 14.2 Å². The zero-order valence-corrected chi connectivity index (χ0v) is 24.4. The van der Waals surface area contributed by atoms with Crippen molar-refractivity contribution < 1.29 is 14.3 Å². The monoisotopic (exact) mass is 546 g/mol. The van der Waals surface area contributed by atoms with E-state index < -0.39 is 0 Å². The Bertz CT molecular complexity index is 1460. The molecule has 11 aliphatic carbocycles. The molecule has 0 amide bonds. The van der Waals surface area contributed by atoms with Gasteiger partial charge in [0.05, 0.1) is 14.2 Å². The summed E-state index contributed by atoms with van der Waals surface area (Å²) < 4.78 is 12.6. The third-order valence-corrected chi connectivity index (χ3v) is 16.9. The van der Waals surface area contributed by atoms with Gasteiger partial charge < -0.3 is 9.47 Å². The molecule has 9 saturated carbocycles. The number of hydrogen-bond acceptors (Lipinski definition) is 3. The molecule has 41 heavy (non-hydrogen) atoms. The Morgan fingerprint density at radius 1 is 0.512 bits per heavy atom.